The molecule has 1 unspecified atom stereocenters. The van der Waals surface area contributed by atoms with E-state index in [0.29, 0.717) is 10.2 Å². The van der Waals surface area contributed by atoms with Gasteiger partial charge >= 0.3 is 0 Å². The molecule has 1 atom stereocenters. The average Bonchev–Trinajstić information content (AvgIpc) is 2.84. The van der Waals surface area contributed by atoms with E-state index in [-0.39, 0.29) is 5.41 Å². The standard InChI is InChI=1S/C15H16N2OS2/c1-11-5-7-12(8-6-11)20(18)14-16-13(17-19-14)9-10-15(2,3)4/h5-8H,1-4H3. The van der Waals surface area contributed by atoms with Crippen LogP contribution < -0.4 is 0 Å². The van der Waals surface area contributed by atoms with Crippen molar-refractivity contribution in [3.8, 4) is 11.8 Å². The summed E-state index contributed by atoms with van der Waals surface area (Å²) < 4.78 is 17.0. The summed E-state index contributed by atoms with van der Waals surface area (Å²) in [6.45, 7) is 8.07. The molecule has 2 aromatic rings. The summed E-state index contributed by atoms with van der Waals surface area (Å²) in [5.41, 5.74) is 1.04. The van der Waals surface area contributed by atoms with Crippen molar-refractivity contribution in [2.75, 3.05) is 0 Å². The predicted molar refractivity (Wildman–Crippen MR) is 82.1 cm³/mol. The van der Waals surface area contributed by atoms with Crippen LogP contribution in [0, 0.1) is 24.2 Å². The number of hydrogen-bond donors (Lipinski definition) is 0. The lowest BCUT2D eigenvalue weighted by atomic mass is 9.98. The summed E-state index contributed by atoms with van der Waals surface area (Å²) in [6, 6.07) is 7.59. The Morgan fingerprint density at radius 1 is 1.20 bits per heavy atom. The average molecular weight is 304 g/mol. The molecule has 1 aromatic heterocycles. The lowest BCUT2D eigenvalue weighted by Gasteiger charge is -2.05. The maximum Gasteiger partial charge on any atom is 0.218 e. The van der Waals surface area contributed by atoms with Gasteiger partial charge in [0.25, 0.3) is 0 Å². The van der Waals surface area contributed by atoms with Crippen LogP contribution in [0.1, 0.15) is 32.2 Å². The zero-order chi connectivity index (χ0) is 14.8. The number of aromatic nitrogens is 2. The quantitative estimate of drug-likeness (QED) is 0.799. The predicted octanol–water partition coefficient (Wildman–Crippen LogP) is 3.41. The fraction of sp³-hybridized carbons (Fsp3) is 0.333. The van der Waals surface area contributed by atoms with Crippen LogP contribution in [0.15, 0.2) is 33.5 Å². The van der Waals surface area contributed by atoms with Gasteiger partial charge in [-0.3, -0.25) is 0 Å². The summed E-state index contributed by atoms with van der Waals surface area (Å²) in [4.78, 5) is 4.98. The first-order valence-electron chi connectivity index (χ1n) is 6.20. The first-order chi connectivity index (χ1) is 9.35. The van der Waals surface area contributed by atoms with Crippen molar-refractivity contribution in [3.05, 3.63) is 35.7 Å². The minimum atomic E-state index is -1.28. The summed E-state index contributed by atoms with van der Waals surface area (Å²) in [5, 5.41) is 0. The van der Waals surface area contributed by atoms with Gasteiger partial charge < -0.3 is 0 Å². The molecule has 0 spiro atoms. The van der Waals surface area contributed by atoms with Crippen LogP contribution in [0.3, 0.4) is 0 Å². The van der Waals surface area contributed by atoms with Gasteiger partial charge in [0.2, 0.25) is 10.2 Å². The Balaban J connectivity index is 2.22. The molecule has 5 heteroatoms. The molecule has 1 aromatic carbocycles. The molecule has 104 valence electrons. The van der Waals surface area contributed by atoms with E-state index in [1.54, 1.807) is 0 Å². The van der Waals surface area contributed by atoms with Gasteiger partial charge in [0, 0.05) is 10.3 Å². The fourth-order valence-electron chi connectivity index (χ4n) is 1.34. The molecule has 0 aliphatic heterocycles. The second kappa shape index (κ2) is 5.86. The second-order valence-electron chi connectivity index (χ2n) is 5.47. The summed E-state index contributed by atoms with van der Waals surface area (Å²) >= 11 is 1.14. The zero-order valence-electron chi connectivity index (χ0n) is 11.9. The fourth-order valence-corrected chi connectivity index (χ4v) is 3.15. The van der Waals surface area contributed by atoms with Crippen LogP contribution in [-0.4, -0.2) is 13.6 Å². The third kappa shape index (κ3) is 3.99. The van der Waals surface area contributed by atoms with Gasteiger partial charge in [0.05, 0.1) is 0 Å². The minimum absolute atomic E-state index is 0.0957. The molecule has 0 amide bonds. The molecule has 0 saturated heterocycles. The van der Waals surface area contributed by atoms with Crippen LogP contribution in [0.25, 0.3) is 0 Å². The summed E-state index contributed by atoms with van der Waals surface area (Å²) in [7, 11) is -1.28. The number of aryl methyl sites for hydroxylation is 1. The third-order valence-corrected chi connectivity index (χ3v) is 4.65. The number of benzene rings is 1. The maximum atomic E-state index is 12.3. The molecular formula is C15H16N2OS2. The van der Waals surface area contributed by atoms with Gasteiger partial charge in [-0.25, -0.2) is 4.21 Å². The Labute approximate surface area is 126 Å². The number of nitrogens with zero attached hydrogens (tertiary/aromatic N) is 2. The van der Waals surface area contributed by atoms with Crippen LogP contribution in [0.4, 0.5) is 0 Å². The highest BCUT2D eigenvalue weighted by Crippen LogP contribution is 2.18. The molecule has 3 nitrogen and oxygen atoms in total. The molecule has 20 heavy (non-hydrogen) atoms. The second-order valence-corrected chi connectivity index (χ2v) is 7.87. The van der Waals surface area contributed by atoms with Gasteiger partial charge in [0.1, 0.15) is 10.8 Å². The monoisotopic (exact) mass is 304 g/mol. The summed E-state index contributed by atoms with van der Waals surface area (Å²) in [5.74, 6) is 6.44. The van der Waals surface area contributed by atoms with E-state index in [4.69, 9.17) is 0 Å². The molecule has 0 radical (unpaired) electrons. The third-order valence-electron chi connectivity index (χ3n) is 2.35. The van der Waals surface area contributed by atoms with E-state index in [1.165, 1.54) is 0 Å². The first kappa shape index (κ1) is 14.9. The Morgan fingerprint density at radius 3 is 2.45 bits per heavy atom. The highest BCUT2D eigenvalue weighted by atomic mass is 32.2. The van der Waals surface area contributed by atoms with Crippen molar-refractivity contribution in [1.82, 2.24) is 9.36 Å². The Hall–Kier alpha value is -1.51. The van der Waals surface area contributed by atoms with Crippen molar-refractivity contribution < 1.29 is 4.21 Å². The lowest BCUT2D eigenvalue weighted by molar-refractivity contribution is 0.571. The lowest BCUT2D eigenvalue weighted by Crippen LogP contribution is -1.99. The van der Waals surface area contributed by atoms with Crippen LogP contribution >= 0.6 is 11.5 Å². The molecular weight excluding hydrogens is 288 g/mol. The molecule has 0 aliphatic carbocycles. The zero-order valence-corrected chi connectivity index (χ0v) is 13.6. The Morgan fingerprint density at radius 2 is 1.85 bits per heavy atom. The van der Waals surface area contributed by atoms with Gasteiger partial charge in [-0.15, -0.1) is 0 Å². The molecule has 2 rings (SSSR count). The SMILES string of the molecule is Cc1ccc(S(=O)c2nc(C#CC(C)(C)C)ns2)cc1. The highest BCUT2D eigenvalue weighted by Gasteiger charge is 2.13. The molecule has 0 aliphatic rings. The van der Waals surface area contributed by atoms with E-state index < -0.39 is 10.8 Å². The number of hydrogen-bond acceptors (Lipinski definition) is 4. The van der Waals surface area contributed by atoms with Crippen molar-refractivity contribution in [2.24, 2.45) is 5.41 Å². The van der Waals surface area contributed by atoms with Crippen molar-refractivity contribution in [3.63, 3.8) is 0 Å². The van der Waals surface area contributed by atoms with Crippen LogP contribution in [-0.2, 0) is 10.8 Å². The highest BCUT2D eigenvalue weighted by molar-refractivity contribution is 7.87. The molecule has 1 heterocycles. The number of rotatable bonds is 2. The normalized spacial score (nSPS) is 12.6. The van der Waals surface area contributed by atoms with E-state index in [0.717, 1.165) is 22.0 Å². The summed E-state index contributed by atoms with van der Waals surface area (Å²) in [6.07, 6.45) is 0. The van der Waals surface area contributed by atoms with Crippen molar-refractivity contribution in [1.29, 1.82) is 0 Å². The molecule has 0 N–H and O–H groups in total. The minimum Gasteiger partial charge on any atom is -0.247 e. The van der Waals surface area contributed by atoms with Crippen LogP contribution in [0.5, 0.6) is 0 Å². The Bertz CT molecular complexity index is 685. The Kier molecular flexibility index (Phi) is 4.36. The largest absolute Gasteiger partial charge is 0.247 e. The first-order valence-corrected chi connectivity index (χ1v) is 8.13. The van der Waals surface area contributed by atoms with Crippen molar-refractivity contribution in [2.45, 2.75) is 36.9 Å². The van der Waals surface area contributed by atoms with Gasteiger partial charge in [-0.1, -0.05) is 23.6 Å². The molecule has 0 bridgehead atoms. The van der Waals surface area contributed by atoms with Gasteiger partial charge in [0.15, 0.2) is 0 Å². The molecule has 0 fully saturated rings. The topological polar surface area (TPSA) is 42.9 Å². The maximum absolute atomic E-state index is 12.3. The van der Waals surface area contributed by atoms with Gasteiger partial charge in [-0.2, -0.15) is 9.36 Å². The van der Waals surface area contributed by atoms with E-state index in [9.17, 15) is 4.21 Å². The van der Waals surface area contributed by atoms with Crippen molar-refractivity contribution >= 4 is 22.3 Å². The molecule has 0 saturated carbocycles. The van der Waals surface area contributed by atoms with E-state index in [2.05, 4.69) is 21.2 Å². The smallest absolute Gasteiger partial charge is 0.218 e. The van der Waals surface area contributed by atoms with Crippen LogP contribution in [0.2, 0.25) is 0 Å². The van der Waals surface area contributed by atoms with Gasteiger partial charge in [-0.05, 0) is 57.3 Å². The van der Waals surface area contributed by atoms with E-state index in [1.807, 2.05) is 52.0 Å². The van der Waals surface area contributed by atoms with E-state index >= 15 is 0 Å².